The quantitative estimate of drug-likeness (QED) is 0.550. The Morgan fingerprint density at radius 3 is 1.97 bits per heavy atom. The van der Waals surface area contributed by atoms with Crippen LogP contribution < -0.4 is 4.74 Å². The molecule has 2 rings (SSSR count). The van der Waals surface area contributed by atoms with E-state index < -0.39 is 57.2 Å². The topological polar surface area (TPSA) is 157 Å². The van der Waals surface area contributed by atoms with Crippen LogP contribution in [0.15, 0.2) is 12.1 Å². The lowest BCUT2D eigenvalue weighted by molar-refractivity contribution is -0.384. The average Bonchev–Trinajstić information content (AvgIpc) is 2.60. The molecule has 0 aliphatic carbocycles. The summed E-state index contributed by atoms with van der Waals surface area (Å²) in [5.41, 5.74) is -2.51. The predicted octanol–water partition coefficient (Wildman–Crippen LogP) is 2.77. The summed E-state index contributed by atoms with van der Waals surface area (Å²) in [6.45, 7) is 5.79. The summed E-state index contributed by atoms with van der Waals surface area (Å²) in [5.74, 6) is -3.53. The minimum Gasteiger partial charge on any atom is -0.488 e. The van der Waals surface area contributed by atoms with Crippen LogP contribution in [0.1, 0.15) is 54.3 Å². The lowest BCUT2D eigenvalue weighted by Crippen LogP contribution is -2.44. The molecule has 1 heterocycles. The first-order chi connectivity index (χ1) is 13.4. The van der Waals surface area contributed by atoms with Crippen LogP contribution in [0.3, 0.4) is 0 Å². The molecule has 2 N–H and O–H groups in total. The van der Waals surface area contributed by atoms with Gasteiger partial charge in [0.25, 0.3) is 5.69 Å². The number of piperidine rings is 1. The van der Waals surface area contributed by atoms with Crippen molar-refractivity contribution in [1.29, 1.82) is 0 Å². The van der Waals surface area contributed by atoms with Gasteiger partial charge in [-0.15, -0.1) is 0 Å². The fourth-order valence-corrected chi connectivity index (χ4v) is 2.81. The van der Waals surface area contributed by atoms with E-state index in [2.05, 4.69) is 0 Å². The molecular weight excluding hydrogens is 388 g/mol. The average molecular weight is 410 g/mol. The zero-order chi connectivity index (χ0) is 21.9. The predicted molar refractivity (Wildman–Crippen MR) is 98.5 cm³/mol. The molecule has 0 saturated carbocycles. The Kier molecular flexibility index (Phi) is 6.30. The van der Waals surface area contributed by atoms with Crippen LogP contribution >= 0.6 is 0 Å². The standard InChI is InChI=1S/C18H22N2O9/c1-18(2,3)29-17(25)19-6-4-11(5-7-19)28-14-12(15(21)22)8-10(20(26)27)9-13(14)16(23)24/h8-9,11H,4-7H2,1-3H3,(H,21,22)(H,23,24). The number of nitrogens with zero attached hydrogens (tertiary/aromatic N) is 2. The van der Waals surface area contributed by atoms with E-state index >= 15 is 0 Å². The van der Waals surface area contributed by atoms with Crippen LogP contribution in [0.25, 0.3) is 0 Å². The highest BCUT2D eigenvalue weighted by Gasteiger charge is 2.31. The van der Waals surface area contributed by atoms with Gasteiger partial charge in [-0.1, -0.05) is 0 Å². The number of hydrogen-bond acceptors (Lipinski definition) is 7. The third-order valence-electron chi connectivity index (χ3n) is 4.12. The number of carbonyl (C=O) groups is 3. The van der Waals surface area contributed by atoms with E-state index in [0.717, 1.165) is 12.1 Å². The Bertz CT molecular complexity index is 801. The summed E-state index contributed by atoms with van der Waals surface area (Å²) >= 11 is 0. The van der Waals surface area contributed by atoms with Gasteiger partial charge in [-0.3, -0.25) is 10.1 Å². The molecule has 1 aliphatic rings. The number of amides is 1. The smallest absolute Gasteiger partial charge is 0.410 e. The van der Waals surface area contributed by atoms with Gasteiger partial charge in [-0.2, -0.15) is 0 Å². The highest BCUT2D eigenvalue weighted by molar-refractivity contribution is 6.00. The third-order valence-corrected chi connectivity index (χ3v) is 4.12. The van der Waals surface area contributed by atoms with Gasteiger partial charge in [0.05, 0.1) is 4.92 Å². The minimum atomic E-state index is -1.54. The minimum absolute atomic E-state index is 0.275. The first-order valence-electron chi connectivity index (χ1n) is 8.82. The van der Waals surface area contributed by atoms with Gasteiger partial charge in [-0.25, -0.2) is 14.4 Å². The van der Waals surface area contributed by atoms with Crippen molar-refractivity contribution in [2.45, 2.75) is 45.3 Å². The second-order valence-electron chi connectivity index (χ2n) is 7.52. The first-order valence-corrected chi connectivity index (χ1v) is 8.82. The molecule has 0 bridgehead atoms. The van der Waals surface area contributed by atoms with Gasteiger partial charge >= 0.3 is 18.0 Å². The monoisotopic (exact) mass is 410 g/mol. The number of rotatable bonds is 5. The Balaban J connectivity index is 2.20. The number of nitro groups is 1. The molecule has 158 valence electrons. The van der Waals surface area contributed by atoms with Crippen molar-refractivity contribution in [2.24, 2.45) is 0 Å². The lowest BCUT2D eigenvalue weighted by atomic mass is 10.0. The van der Waals surface area contributed by atoms with Crippen LogP contribution in [0.5, 0.6) is 5.75 Å². The van der Waals surface area contributed by atoms with E-state index in [1.54, 1.807) is 20.8 Å². The van der Waals surface area contributed by atoms with Crippen LogP contribution in [0.2, 0.25) is 0 Å². The van der Waals surface area contributed by atoms with E-state index in [1.807, 2.05) is 0 Å². The molecule has 11 nitrogen and oxygen atoms in total. The van der Waals surface area contributed by atoms with Gasteiger partial charge in [0.2, 0.25) is 0 Å². The van der Waals surface area contributed by atoms with Gasteiger partial charge < -0.3 is 24.6 Å². The number of benzene rings is 1. The van der Waals surface area contributed by atoms with E-state index in [4.69, 9.17) is 9.47 Å². The molecule has 0 aromatic heterocycles. The molecule has 0 unspecified atom stereocenters. The van der Waals surface area contributed by atoms with Gasteiger partial charge in [0, 0.05) is 38.1 Å². The van der Waals surface area contributed by atoms with E-state index in [-0.39, 0.29) is 13.1 Å². The molecule has 0 atom stereocenters. The number of nitro benzene ring substituents is 1. The highest BCUT2D eigenvalue weighted by atomic mass is 16.6. The summed E-state index contributed by atoms with van der Waals surface area (Å²) in [6, 6.07) is 1.53. The Morgan fingerprint density at radius 1 is 1.10 bits per heavy atom. The van der Waals surface area contributed by atoms with Crippen molar-refractivity contribution in [3.05, 3.63) is 33.4 Å². The van der Waals surface area contributed by atoms with E-state index in [1.165, 1.54) is 4.90 Å². The van der Waals surface area contributed by atoms with Crippen molar-refractivity contribution in [3.8, 4) is 5.75 Å². The maximum absolute atomic E-state index is 12.1. The maximum atomic E-state index is 12.1. The lowest BCUT2D eigenvalue weighted by Gasteiger charge is -2.33. The molecule has 1 aliphatic heterocycles. The van der Waals surface area contributed by atoms with E-state index in [0.29, 0.717) is 12.8 Å². The normalized spacial score (nSPS) is 14.9. The molecule has 1 amide bonds. The molecule has 1 saturated heterocycles. The summed E-state index contributed by atoms with van der Waals surface area (Å²) < 4.78 is 10.9. The van der Waals surface area contributed by atoms with Gasteiger partial charge in [0.15, 0.2) is 0 Å². The van der Waals surface area contributed by atoms with Crippen molar-refractivity contribution >= 4 is 23.7 Å². The van der Waals surface area contributed by atoms with Crippen LogP contribution in [0.4, 0.5) is 10.5 Å². The highest BCUT2D eigenvalue weighted by Crippen LogP contribution is 2.32. The molecule has 29 heavy (non-hydrogen) atoms. The van der Waals surface area contributed by atoms with E-state index in [9.17, 15) is 34.7 Å². The third kappa shape index (κ3) is 5.56. The summed E-state index contributed by atoms with van der Waals surface area (Å²) in [4.78, 5) is 46.7. The van der Waals surface area contributed by atoms with Crippen molar-refractivity contribution in [2.75, 3.05) is 13.1 Å². The van der Waals surface area contributed by atoms with Gasteiger partial charge in [0.1, 0.15) is 28.6 Å². The summed E-state index contributed by atoms with van der Waals surface area (Å²) in [5, 5.41) is 29.7. The molecule has 0 radical (unpaired) electrons. The molecule has 1 aromatic rings. The molecule has 11 heteroatoms. The van der Waals surface area contributed by atoms with Crippen molar-refractivity contribution in [1.82, 2.24) is 4.90 Å². The number of non-ortho nitro benzene ring substituents is 1. The second kappa shape index (κ2) is 8.33. The maximum Gasteiger partial charge on any atom is 0.410 e. The SMILES string of the molecule is CC(C)(C)OC(=O)N1CCC(Oc2c(C(=O)O)cc([N+](=O)[O-])cc2C(=O)O)CC1. The Morgan fingerprint density at radius 2 is 1.59 bits per heavy atom. The van der Waals surface area contributed by atoms with Crippen LogP contribution in [0, 0.1) is 10.1 Å². The number of likely N-dealkylation sites (tertiary alicyclic amines) is 1. The van der Waals surface area contributed by atoms with Gasteiger partial charge in [-0.05, 0) is 20.8 Å². The summed E-state index contributed by atoms with van der Waals surface area (Å²) in [6.07, 6.45) is -0.419. The van der Waals surface area contributed by atoms with Crippen LogP contribution in [-0.2, 0) is 4.74 Å². The number of ether oxygens (including phenoxy) is 2. The second-order valence-corrected chi connectivity index (χ2v) is 7.52. The van der Waals surface area contributed by atoms with Crippen LogP contribution in [-0.4, -0.2) is 62.9 Å². The molecule has 0 spiro atoms. The fraction of sp³-hybridized carbons (Fsp3) is 0.500. The first kappa shape index (κ1) is 21.9. The summed E-state index contributed by atoms with van der Waals surface area (Å²) in [7, 11) is 0. The molecular formula is C18H22N2O9. The van der Waals surface area contributed by atoms with Crippen molar-refractivity contribution in [3.63, 3.8) is 0 Å². The Labute approximate surface area is 166 Å². The number of carboxylic acid groups (broad SMARTS) is 2. The molecule has 1 aromatic carbocycles. The number of aromatic carboxylic acids is 2. The Hall–Kier alpha value is -3.37. The largest absolute Gasteiger partial charge is 0.488 e. The number of carboxylic acids is 2. The number of carbonyl (C=O) groups excluding carboxylic acids is 1. The zero-order valence-electron chi connectivity index (χ0n) is 16.2. The van der Waals surface area contributed by atoms with Crippen molar-refractivity contribution < 1.29 is 39.0 Å². The number of hydrogen-bond donors (Lipinski definition) is 2. The zero-order valence-corrected chi connectivity index (χ0v) is 16.2. The molecule has 1 fully saturated rings. The fourth-order valence-electron chi connectivity index (χ4n) is 2.81.